The van der Waals surface area contributed by atoms with Gasteiger partial charge in [-0.1, -0.05) is 54.1 Å². The molecule has 0 aliphatic rings. The smallest absolute Gasteiger partial charge is 0.242 e. The predicted molar refractivity (Wildman–Crippen MR) is 114 cm³/mol. The fraction of sp³-hybridized carbons (Fsp3) is 0.417. The van der Waals surface area contributed by atoms with Crippen molar-refractivity contribution in [1.29, 1.82) is 0 Å². The van der Waals surface area contributed by atoms with E-state index < -0.39 is 6.04 Å². The summed E-state index contributed by atoms with van der Waals surface area (Å²) in [5.74, 6) is -0.191. The van der Waals surface area contributed by atoms with Crippen LogP contribution in [-0.4, -0.2) is 28.3 Å². The number of benzene rings is 2. The molecular formula is C24H32N2O2. The Hall–Kier alpha value is -2.62. The highest BCUT2D eigenvalue weighted by molar-refractivity contribution is 5.88. The van der Waals surface area contributed by atoms with Crippen LogP contribution in [0.25, 0.3) is 0 Å². The first kappa shape index (κ1) is 21.7. The van der Waals surface area contributed by atoms with Gasteiger partial charge in [-0.05, 0) is 58.2 Å². The molecule has 0 aromatic heterocycles. The summed E-state index contributed by atoms with van der Waals surface area (Å²) in [5.41, 5.74) is 3.89. The van der Waals surface area contributed by atoms with Crippen molar-refractivity contribution in [2.75, 3.05) is 0 Å². The molecular weight excluding hydrogens is 348 g/mol. The topological polar surface area (TPSA) is 49.4 Å². The maximum Gasteiger partial charge on any atom is 0.242 e. The minimum absolute atomic E-state index is 0.0505. The molecule has 2 amide bonds. The van der Waals surface area contributed by atoms with Crippen molar-refractivity contribution in [3.8, 4) is 0 Å². The van der Waals surface area contributed by atoms with Crippen LogP contribution in [0.2, 0.25) is 0 Å². The van der Waals surface area contributed by atoms with Gasteiger partial charge in [-0.2, -0.15) is 0 Å². The summed E-state index contributed by atoms with van der Waals surface area (Å²) in [5, 5.41) is 2.99. The number of rotatable bonds is 6. The molecule has 0 heterocycles. The van der Waals surface area contributed by atoms with E-state index in [1.807, 2.05) is 83.1 Å². The molecule has 0 saturated heterocycles. The highest BCUT2D eigenvalue weighted by atomic mass is 16.2. The monoisotopic (exact) mass is 380 g/mol. The van der Waals surface area contributed by atoms with E-state index >= 15 is 0 Å². The van der Waals surface area contributed by atoms with Gasteiger partial charge < -0.3 is 10.2 Å². The third kappa shape index (κ3) is 6.22. The van der Waals surface area contributed by atoms with E-state index in [9.17, 15) is 9.59 Å². The Bertz CT molecular complexity index is 836. The van der Waals surface area contributed by atoms with E-state index in [1.54, 1.807) is 11.8 Å². The predicted octanol–water partition coefficient (Wildman–Crippen LogP) is 4.18. The van der Waals surface area contributed by atoms with Crippen molar-refractivity contribution < 1.29 is 9.59 Å². The van der Waals surface area contributed by atoms with Crippen molar-refractivity contribution in [2.24, 2.45) is 0 Å². The van der Waals surface area contributed by atoms with Crippen LogP contribution in [-0.2, 0) is 22.6 Å². The van der Waals surface area contributed by atoms with Crippen LogP contribution in [0.4, 0.5) is 0 Å². The average Bonchev–Trinajstić information content (AvgIpc) is 2.59. The molecule has 28 heavy (non-hydrogen) atoms. The van der Waals surface area contributed by atoms with Crippen LogP contribution in [0, 0.1) is 13.8 Å². The highest BCUT2D eigenvalue weighted by Crippen LogP contribution is 2.16. The van der Waals surface area contributed by atoms with Gasteiger partial charge in [-0.15, -0.1) is 0 Å². The normalized spacial score (nSPS) is 12.4. The summed E-state index contributed by atoms with van der Waals surface area (Å²) in [4.78, 5) is 27.7. The quantitative estimate of drug-likeness (QED) is 0.817. The zero-order chi connectivity index (χ0) is 20.9. The molecule has 0 bridgehead atoms. The van der Waals surface area contributed by atoms with Gasteiger partial charge in [-0.3, -0.25) is 9.59 Å². The highest BCUT2D eigenvalue weighted by Gasteiger charge is 2.28. The molecule has 1 N–H and O–H groups in total. The van der Waals surface area contributed by atoms with Crippen LogP contribution in [0.3, 0.4) is 0 Å². The molecule has 1 unspecified atom stereocenters. The van der Waals surface area contributed by atoms with E-state index in [0.29, 0.717) is 6.54 Å². The SMILES string of the molecule is Cc1cccc(CC(=O)N(Cc2ccccc2C)C(C)C(=O)NC(C)(C)C)c1. The van der Waals surface area contributed by atoms with Crippen molar-refractivity contribution in [1.82, 2.24) is 10.2 Å². The molecule has 4 nitrogen and oxygen atoms in total. The molecule has 0 fully saturated rings. The second-order valence-electron chi connectivity index (χ2n) is 8.53. The molecule has 2 rings (SSSR count). The van der Waals surface area contributed by atoms with Crippen molar-refractivity contribution in [3.63, 3.8) is 0 Å². The van der Waals surface area contributed by atoms with Gasteiger partial charge in [0, 0.05) is 12.1 Å². The van der Waals surface area contributed by atoms with Gasteiger partial charge in [-0.25, -0.2) is 0 Å². The average molecular weight is 381 g/mol. The van der Waals surface area contributed by atoms with E-state index in [0.717, 1.165) is 22.3 Å². The zero-order valence-electron chi connectivity index (χ0n) is 17.9. The molecule has 0 spiro atoms. The van der Waals surface area contributed by atoms with Gasteiger partial charge in [0.2, 0.25) is 11.8 Å². The first-order valence-electron chi connectivity index (χ1n) is 9.78. The fourth-order valence-electron chi connectivity index (χ4n) is 3.13. The van der Waals surface area contributed by atoms with Crippen molar-refractivity contribution in [3.05, 3.63) is 70.8 Å². The largest absolute Gasteiger partial charge is 0.350 e. The second kappa shape index (κ2) is 9.05. The zero-order valence-corrected chi connectivity index (χ0v) is 17.9. The van der Waals surface area contributed by atoms with E-state index in [4.69, 9.17) is 0 Å². The number of amides is 2. The lowest BCUT2D eigenvalue weighted by molar-refractivity contribution is -0.140. The fourth-order valence-corrected chi connectivity index (χ4v) is 3.13. The summed E-state index contributed by atoms with van der Waals surface area (Å²) >= 11 is 0. The summed E-state index contributed by atoms with van der Waals surface area (Å²) < 4.78 is 0. The minimum Gasteiger partial charge on any atom is -0.350 e. The van der Waals surface area contributed by atoms with Crippen LogP contribution in [0.5, 0.6) is 0 Å². The second-order valence-corrected chi connectivity index (χ2v) is 8.53. The maximum atomic E-state index is 13.2. The minimum atomic E-state index is -0.559. The van der Waals surface area contributed by atoms with E-state index in [2.05, 4.69) is 5.32 Å². The Balaban J connectivity index is 2.27. The van der Waals surface area contributed by atoms with Crippen molar-refractivity contribution >= 4 is 11.8 Å². The van der Waals surface area contributed by atoms with Gasteiger partial charge in [0.15, 0.2) is 0 Å². The number of hydrogen-bond donors (Lipinski definition) is 1. The first-order chi connectivity index (χ1) is 13.1. The number of aryl methyl sites for hydroxylation is 2. The molecule has 2 aromatic carbocycles. The van der Waals surface area contributed by atoms with Crippen LogP contribution < -0.4 is 5.32 Å². The molecule has 4 heteroatoms. The van der Waals surface area contributed by atoms with Crippen LogP contribution >= 0.6 is 0 Å². The lowest BCUT2D eigenvalue weighted by Gasteiger charge is -2.32. The molecule has 0 aliphatic heterocycles. The molecule has 2 aromatic rings. The van der Waals surface area contributed by atoms with Crippen molar-refractivity contribution in [2.45, 2.75) is 66.1 Å². The first-order valence-corrected chi connectivity index (χ1v) is 9.78. The number of nitrogens with zero attached hydrogens (tertiary/aromatic N) is 1. The number of carbonyl (C=O) groups excluding carboxylic acids is 2. The molecule has 150 valence electrons. The van der Waals surface area contributed by atoms with Gasteiger partial charge >= 0.3 is 0 Å². The van der Waals surface area contributed by atoms with Crippen LogP contribution in [0.15, 0.2) is 48.5 Å². The summed E-state index contributed by atoms with van der Waals surface area (Å²) in [6, 6.07) is 15.4. The Morgan fingerprint density at radius 3 is 2.32 bits per heavy atom. The van der Waals surface area contributed by atoms with Crippen LogP contribution in [0.1, 0.15) is 49.9 Å². The standard InChI is InChI=1S/C24H32N2O2/c1-17-10-9-12-20(14-17)15-22(27)26(16-21-13-8-7-11-18(21)2)19(3)23(28)25-24(4,5)6/h7-14,19H,15-16H2,1-6H3,(H,25,28). The lowest BCUT2D eigenvalue weighted by Crippen LogP contribution is -2.52. The summed E-state index contributed by atoms with van der Waals surface area (Å²) in [6.07, 6.45) is 0.278. The Morgan fingerprint density at radius 2 is 1.71 bits per heavy atom. The Morgan fingerprint density at radius 1 is 1.04 bits per heavy atom. The Labute approximate surface area is 169 Å². The van der Waals surface area contributed by atoms with Gasteiger partial charge in [0.05, 0.1) is 6.42 Å². The van der Waals surface area contributed by atoms with Gasteiger partial charge in [0.25, 0.3) is 0 Å². The van der Waals surface area contributed by atoms with E-state index in [1.165, 1.54) is 0 Å². The molecule has 1 atom stereocenters. The van der Waals surface area contributed by atoms with Gasteiger partial charge in [0.1, 0.15) is 6.04 Å². The molecule has 0 aliphatic carbocycles. The molecule has 0 radical (unpaired) electrons. The lowest BCUT2D eigenvalue weighted by atomic mass is 10.0. The third-order valence-corrected chi connectivity index (χ3v) is 4.71. The number of carbonyl (C=O) groups is 2. The maximum absolute atomic E-state index is 13.2. The van der Waals surface area contributed by atoms with E-state index in [-0.39, 0.29) is 23.8 Å². The number of hydrogen-bond acceptors (Lipinski definition) is 2. The Kier molecular flexibility index (Phi) is 7.00. The number of nitrogens with one attached hydrogen (secondary N) is 1. The summed E-state index contributed by atoms with van der Waals surface area (Å²) in [7, 11) is 0. The molecule has 0 saturated carbocycles. The third-order valence-electron chi connectivity index (χ3n) is 4.71. The summed E-state index contributed by atoms with van der Waals surface area (Å²) in [6.45, 7) is 12.1.